The molecule has 196 valence electrons. The quantitative estimate of drug-likeness (QED) is 0.281. The van der Waals surface area contributed by atoms with E-state index in [0.29, 0.717) is 13.0 Å². The van der Waals surface area contributed by atoms with Gasteiger partial charge in [0.15, 0.2) is 8.32 Å². The van der Waals surface area contributed by atoms with Crippen LogP contribution in [-0.4, -0.2) is 55.1 Å². The fourth-order valence-electron chi connectivity index (χ4n) is 3.71. The van der Waals surface area contributed by atoms with Crippen molar-refractivity contribution in [2.24, 2.45) is 5.41 Å². The predicted molar refractivity (Wildman–Crippen MR) is 144 cm³/mol. The Hall–Kier alpha value is -1.41. The Bertz CT molecular complexity index is 739. The number of ether oxygens (including phenoxy) is 1. The second-order valence-electron chi connectivity index (χ2n) is 12.6. The molecule has 0 heterocycles. The molecule has 34 heavy (non-hydrogen) atoms. The number of nitrogens with one attached hydrogen (secondary N) is 2. The van der Waals surface area contributed by atoms with E-state index in [1.165, 1.54) is 0 Å². The first-order chi connectivity index (χ1) is 15.4. The van der Waals surface area contributed by atoms with Gasteiger partial charge >= 0.3 is 6.09 Å². The maximum atomic E-state index is 12.4. The van der Waals surface area contributed by atoms with Gasteiger partial charge in [0.1, 0.15) is 5.60 Å². The summed E-state index contributed by atoms with van der Waals surface area (Å²) in [7, 11) is -2.19. The van der Waals surface area contributed by atoms with Crippen molar-refractivity contribution in [3.8, 4) is 0 Å². The van der Waals surface area contributed by atoms with Gasteiger partial charge in [-0.1, -0.05) is 64.4 Å². The van der Waals surface area contributed by atoms with E-state index in [0.717, 1.165) is 31.4 Å². The second kappa shape index (κ2) is 12.5. The van der Waals surface area contributed by atoms with Crippen LogP contribution < -0.4 is 10.6 Å². The minimum atomic E-state index is -2.19. The summed E-state index contributed by atoms with van der Waals surface area (Å²) < 4.78 is 5.41. The van der Waals surface area contributed by atoms with Gasteiger partial charge in [0.05, 0.1) is 12.1 Å². The average Bonchev–Trinajstić information content (AvgIpc) is 2.65. The summed E-state index contributed by atoms with van der Waals surface area (Å²) in [5.41, 5.74) is 0.502. The Morgan fingerprint density at radius 3 is 2.15 bits per heavy atom. The van der Waals surface area contributed by atoms with E-state index in [1.807, 2.05) is 64.2 Å². The molecule has 0 aromatic heterocycles. The molecule has 1 aromatic rings. The van der Waals surface area contributed by atoms with Crippen LogP contribution in [0, 0.1) is 5.41 Å². The summed E-state index contributed by atoms with van der Waals surface area (Å²) >= 11 is 0. The summed E-state index contributed by atoms with van der Waals surface area (Å²) in [6.45, 7) is 19.4. The normalized spacial score (nSPS) is 15.0. The number of alkyl carbamates (subject to hydrolysis) is 1. The van der Waals surface area contributed by atoms with Crippen LogP contribution in [0.5, 0.6) is 0 Å². The molecule has 1 aromatic carbocycles. The number of rotatable bonds is 13. The summed E-state index contributed by atoms with van der Waals surface area (Å²) in [6, 6.07) is 9.37. The lowest BCUT2D eigenvalue weighted by Gasteiger charge is -2.36. The molecule has 4 N–H and O–H groups in total. The smallest absolute Gasteiger partial charge is 0.407 e. The summed E-state index contributed by atoms with van der Waals surface area (Å²) in [5, 5.41) is 17.2. The minimum absolute atomic E-state index is 0.00923. The Morgan fingerprint density at radius 1 is 1.03 bits per heavy atom. The fourth-order valence-corrected chi connectivity index (χ4v) is 4.50. The van der Waals surface area contributed by atoms with E-state index in [4.69, 9.17) is 4.74 Å². The molecule has 0 saturated carbocycles. The number of amides is 1. The van der Waals surface area contributed by atoms with Gasteiger partial charge in [-0.3, -0.25) is 0 Å². The lowest BCUT2D eigenvalue weighted by atomic mass is 9.85. The Kier molecular flexibility index (Phi) is 11.3. The lowest BCUT2D eigenvalue weighted by molar-refractivity contribution is 0.0420. The van der Waals surface area contributed by atoms with Crippen LogP contribution in [0.1, 0.15) is 73.3 Å². The maximum absolute atomic E-state index is 12.4. The number of aliphatic hydroxyl groups excluding tert-OH is 1. The van der Waals surface area contributed by atoms with Crippen molar-refractivity contribution < 1.29 is 19.4 Å². The van der Waals surface area contributed by atoms with E-state index < -0.39 is 32.2 Å². The topological polar surface area (TPSA) is 90.8 Å². The molecule has 0 radical (unpaired) electrons. The van der Waals surface area contributed by atoms with Gasteiger partial charge in [0.25, 0.3) is 0 Å². The molecular formula is C27H50N2O4Si. The van der Waals surface area contributed by atoms with Gasteiger partial charge in [-0.15, -0.1) is 0 Å². The molecule has 6 nitrogen and oxygen atoms in total. The first kappa shape index (κ1) is 30.6. The number of hydrogen-bond acceptors (Lipinski definition) is 5. The monoisotopic (exact) mass is 494 g/mol. The SMILES string of the molecule is CC(C)(CCCC(C)(C)[Si](C)(C)O)CNC[C@@H](O)[C@H](Cc1ccccc1)NC(=O)OC(C)(C)C. The van der Waals surface area contributed by atoms with Gasteiger partial charge in [-0.25, -0.2) is 4.79 Å². The number of aliphatic hydroxyl groups is 1. The molecule has 1 rings (SSSR count). The van der Waals surface area contributed by atoms with Crippen molar-refractivity contribution in [1.29, 1.82) is 0 Å². The first-order valence-electron chi connectivity index (χ1n) is 12.6. The van der Waals surface area contributed by atoms with E-state index in [2.05, 4.69) is 38.3 Å². The van der Waals surface area contributed by atoms with Gasteiger partial charge in [-0.05, 0) is 69.1 Å². The highest BCUT2D eigenvalue weighted by molar-refractivity contribution is 6.72. The van der Waals surface area contributed by atoms with Crippen molar-refractivity contribution in [3.05, 3.63) is 35.9 Å². The van der Waals surface area contributed by atoms with Crippen LogP contribution in [-0.2, 0) is 11.2 Å². The van der Waals surface area contributed by atoms with Crippen molar-refractivity contribution >= 4 is 14.4 Å². The Labute approximate surface area is 209 Å². The number of carbonyl (C=O) groups excluding carboxylic acids is 1. The van der Waals surface area contributed by atoms with Gasteiger partial charge < -0.3 is 25.3 Å². The van der Waals surface area contributed by atoms with Crippen LogP contribution in [0.15, 0.2) is 30.3 Å². The lowest BCUT2D eigenvalue weighted by Crippen LogP contribution is -2.50. The van der Waals surface area contributed by atoms with E-state index in [-0.39, 0.29) is 10.5 Å². The largest absolute Gasteiger partial charge is 0.444 e. The van der Waals surface area contributed by atoms with Crippen molar-refractivity contribution in [2.75, 3.05) is 13.1 Å². The molecule has 7 heteroatoms. The van der Waals surface area contributed by atoms with Crippen LogP contribution in [0.4, 0.5) is 4.79 Å². The molecule has 0 bridgehead atoms. The van der Waals surface area contributed by atoms with Gasteiger partial charge in [0, 0.05) is 13.1 Å². The molecule has 0 aliphatic rings. The molecule has 0 fully saturated rings. The van der Waals surface area contributed by atoms with E-state index in [9.17, 15) is 14.7 Å². The first-order valence-corrected chi connectivity index (χ1v) is 15.5. The fraction of sp³-hybridized carbons (Fsp3) is 0.741. The Balaban J connectivity index is 2.64. The zero-order valence-corrected chi connectivity index (χ0v) is 24.0. The molecule has 0 unspecified atom stereocenters. The summed E-state index contributed by atoms with van der Waals surface area (Å²) in [5.74, 6) is 0. The molecule has 0 spiro atoms. The average molecular weight is 495 g/mol. The second-order valence-corrected chi connectivity index (χ2v) is 17.1. The minimum Gasteiger partial charge on any atom is -0.444 e. The third kappa shape index (κ3) is 11.8. The van der Waals surface area contributed by atoms with Crippen LogP contribution in [0.25, 0.3) is 0 Å². The summed E-state index contributed by atoms with van der Waals surface area (Å²) in [6.07, 6.45) is 2.33. The third-order valence-electron chi connectivity index (χ3n) is 6.73. The Morgan fingerprint density at radius 2 is 1.62 bits per heavy atom. The van der Waals surface area contributed by atoms with E-state index >= 15 is 0 Å². The molecule has 1 amide bonds. The predicted octanol–water partition coefficient (Wildman–Crippen LogP) is 5.25. The van der Waals surface area contributed by atoms with Crippen molar-refractivity contribution in [3.63, 3.8) is 0 Å². The van der Waals surface area contributed by atoms with Gasteiger partial charge in [-0.2, -0.15) is 0 Å². The van der Waals surface area contributed by atoms with Crippen LogP contribution >= 0.6 is 0 Å². The zero-order valence-electron chi connectivity index (χ0n) is 23.0. The molecule has 0 aliphatic carbocycles. The number of hydrogen-bond donors (Lipinski definition) is 4. The molecule has 0 saturated heterocycles. The van der Waals surface area contributed by atoms with E-state index in [1.54, 1.807) is 0 Å². The van der Waals surface area contributed by atoms with Gasteiger partial charge in [0.2, 0.25) is 0 Å². The molecule has 0 aliphatic heterocycles. The maximum Gasteiger partial charge on any atom is 0.407 e. The highest BCUT2D eigenvalue weighted by atomic mass is 28.4. The summed E-state index contributed by atoms with van der Waals surface area (Å²) in [4.78, 5) is 22.9. The number of benzene rings is 1. The highest BCUT2D eigenvalue weighted by Gasteiger charge is 2.37. The third-order valence-corrected chi connectivity index (χ3v) is 10.3. The molecule has 2 atom stereocenters. The molecular weight excluding hydrogens is 444 g/mol. The van der Waals surface area contributed by atoms with Crippen molar-refractivity contribution in [1.82, 2.24) is 10.6 Å². The number of carbonyl (C=O) groups is 1. The van der Waals surface area contributed by atoms with Crippen LogP contribution in [0.3, 0.4) is 0 Å². The van der Waals surface area contributed by atoms with Crippen LogP contribution in [0.2, 0.25) is 18.1 Å². The standard InChI is InChI=1S/C27H50N2O4Si/c1-25(2,3)33-24(31)29-22(18-21-14-11-10-12-15-21)23(30)19-28-20-26(4,5)16-13-17-27(6,7)34(8,9)32/h10-12,14-15,22-23,28,30,32H,13,16-20H2,1-9H3,(H,29,31)/t22-,23+/m0/s1. The highest BCUT2D eigenvalue weighted by Crippen LogP contribution is 2.41. The van der Waals surface area contributed by atoms with Crippen molar-refractivity contribution in [2.45, 2.75) is 110 Å². The zero-order chi connectivity index (χ0) is 26.2.